The number of nitrogens with one attached hydrogen (secondary N) is 1. The third-order valence-corrected chi connectivity index (χ3v) is 6.73. The lowest BCUT2D eigenvalue weighted by Crippen LogP contribution is -2.41. The first-order valence-electron chi connectivity index (χ1n) is 11.9. The minimum atomic E-state index is -0.0732. The molecule has 1 aromatic heterocycles. The average molecular weight is 451 g/mol. The van der Waals surface area contributed by atoms with Gasteiger partial charge in [-0.3, -0.25) is 9.59 Å². The fraction of sp³-hybridized carbons (Fsp3) is 0.500. The standard InChI is InChI=1S/C26H34N4O3/c1-18(2)26(32)28-21-9-12-24(27-15-21)30-13-5-4-6-20-16-29(17-23(20)30)25(31)14-19-7-10-22(33-3)11-8-19/h7-12,15,18,20,23H,4-6,13-14,16-17H2,1-3H3,(H,28,32)/t20-,23+/m1/s1. The molecule has 33 heavy (non-hydrogen) atoms. The van der Waals surface area contributed by atoms with E-state index >= 15 is 0 Å². The molecule has 4 rings (SSSR count). The van der Waals surface area contributed by atoms with Gasteiger partial charge in [-0.15, -0.1) is 0 Å². The Hall–Kier alpha value is -3.09. The molecule has 2 amide bonds. The number of fused-ring (bicyclic) bond motifs is 1. The first-order valence-corrected chi connectivity index (χ1v) is 11.9. The average Bonchev–Trinajstić information content (AvgIpc) is 3.14. The van der Waals surface area contributed by atoms with Crippen molar-refractivity contribution in [1.29, 1.82) is 0 Å². The van der Waals surface area contributed by atoms with Gasteiger partial charge in [0, 0.05) is 25.6 Å². The number of methoxy groups -OCH3 is 1. The second-order valence-electron chi connectivity index (χ2n) is 9.39. The minimum absolute atomic E-state index is 0.0128. The molecule has 1 aromatic carbocycles. The molecule has 7 heteroatoms. The number of carbonyl (C=O) groups is 2. The molecule has 3 heterocycles. The van der Waals surface area contributed by atoms with E-state index in [1.807, 2.05) is 55.1 Å². The normalized spacial score (nSPS) is 20.4. The lowest BCUT2D eigenvalue weighted by molar-refractivity contribution is -0.129. The molecule has 0 saturated carbocycles. The lowest BCUT2D eigenvalue weighted by atomic mass is 9.98. The van der Waals surface area contributed by atoms with Gasteiger partial charge in [0.1, 0.15) is 11.6 Å². The van der Waals surface area contributed by atoms with Crippen molar-refractivity contribution < 1.29 is 14.3 Å². The van der Waals surface area contributed by atoms with Crippen LogP contribution in [0.2, 0.25) is 0 Å². The van der Waals surface area contributed by atoms with Gasteiger partial charge in [0.05, 0.1) is 31.5 Å². The van der Waals surface area contributed by atoms with Gasteiger partial charge < -0.3 is 19.9 Å². The summed E-state index contributed by atoms with van der Waals surface area (Å²) in [5.41, 5.74) is 1.72. The summed E-state index contributed by atoms with van der Waals surface area (Å²) in [5, 5.41) is 2.90. The van der Waals surface area contributed by atoms with E-state index in [0.29, 0.717) is 18.0 Å². The van der Waals surface area contributed by atoms with Crippen molar-refractivity contribution in [3.63, 3.8) is 0 Å². The second-order valence-corrected chi connectivity index (χ2v) is 9.39. The summed E-state index contributed by atoms with van der Waals surface area (Å²) in [6, 6.07) is 11.9. The van der Waals surface area contributed by atoms with Gasteiger partial charge in [0.25, 0.3) is 0 Å². The maximum Gasteiger partial charge on any atom is 0.227 e. The zero-order chi connectivity index (χ0) is 23.4. The zero-order valence-corrected chi connectivity index (χ0v) is 19.8. The second kappa shape index (κ2) is 10.2. The van der Waals surface area contributed by atoms with Gasteiger partial charge in [-0.2, -0.15) is 0 Å². The fourth-order valence-corrected chi connectivity index (χ4v) is 4.78. The fourth-order valence-electron chi connectivity index (χ4n) is 4.78. The Labute approximate surface area is 196 Å². The van der Waals surface area contributed by atoms with Gasteiger partial charge in [-0.25, -0.2) is 4.98 Å². The third-order valence-electron chi connectivity index (χ3n) is 6.73. The molecule has 2 aliphatic heterocycles. The van der Waals surface area contributed by atoms with Crippen molar-refractivity contribution in [2.24, 2.45) is 11.8 Å². The first-order chi connectivity index (χ1) is 15.9. The Kier molecular flexibility index (Phi) is 7.16. The molecule has 2 saturated heterocycles. The molecule has 2 aromatic rings. The highest BCUT2D eigenvalue weighted by atomic mass is 16.5. The molecule has 2 fully saturated rings. The predicted octanol–water partition coefficient (Wildman–Crippen LogP) is 3.74. The van der Waals surface area contributed by atoms with E-state index in [1.54, 1.807) is 13.3 Å². The highest BCUT2D eigenvalue weighted by Gasteiger charge is 2.40. The molecule has 0 spiro atoms. The number of pyridine rings is 1. The van der Waals surface area contributed by atoms with Crippen LogP contribution in [0.4, 0.5) is 11.5 Å². The summed E-state index contributed by atoms with van der Waals surface area (Å²) in [4.78, 5) is 34.1. The Balaban J connectivity index is 1.43. The van der Waals surface area contributed by atoms with Crippen molar-refractivity contribution in [3.8, 4) is 5.75 Å². The van der Waals surface area contributed by atoms with Crippen molar-refractivity contribution >= 4 is 23.3 Å². The maximum atomic E-state index is 13.1. The van der Waals surface area contributed by atoms with Crippen LogP contribution in [0.3, 0.4) is 0 Å². The summed E-state index contributed by atoms with van der Waals surface area (Å²) in [7, 11) is 1.64. The molecule has 0 bridgehead atoms. The Morgan fingerprint density at radius 3 is 2.58 bits per heavy atom. The summed E-state index contributed by atoms with van der Waals surface area (Å²) in [6.45, 7) is 6.21. The zero-order valence-electron chi connectivity index (χ0n) is 19.8. The van der Waals surface area contributed by atoms with E-state index in [0.717, 1.165) is 49.6 Å². The number of anilines is 2. The van der Waals surface area contributed by atoms with E-state index in [1.165, 1.54) is 6.42 Å². The number of hydrogen-bond donors (Lipinski definition) is 1. The largest absolute Gasteiger partial charge is 0.497 e. The molecule has 2 aliphatic rings. The van der Waals surface area contributed by atoms with E-state index in [9.17, 15) is 9.59 Å². The van der Waals surface area contributed by atoms with E-state index in [4.69, 9.17) is 4.74 Å². The molecule has 0 unspecified atom stereocenters. The van der Waals surface area contributed by atoms with Crippen molar-refractivity contribution in [1.82, 2.24) is 9.88 Å². The van der Waals surface area contributed by atoms with Crippen molar-refractivity contribution in [2.75, 3.05) is 37.0 Å². The lowest BCUT2D eigenvalue weighted by Gasteiger charge is -2.31. The number of carbonyl (C=O) groups excluding carboxylic acids is 2. The van der Waals surface area contributed by atoms with Crippen LogP contribution < -0.4 is 15.0 Å². The Morgan fingerprint density at radius 2 is 1.91 bits per heavy atom. The van der Waals surface area contributed by atoms with Crippen LogP contribution in [0.25, 0.3) is 0 Å². The van der Waals surface area contributed by atoms with Gasteiger partial charge in [0.15, 0.2) is 0 Å². The Morgan fingerprint density at radius 1 is 1.12 bits per heavy atom. The molecule has 1 N–H and O–H groups in total. The number of nitrogens with zero attached hydrogens (tertiary/aromatic N) is 3. The van der Waals surface area contributed by atoms with Crippen LogP contribution in [0.15, 0.2) is 42.6 Å². The molecule has 0 radical (unpaired) electrons. The topological polar surface area (TPSA) is 74.8 Å². The summed E-state index contributed by atoms with van der Waals surface area (Å²) in [5.74, 6) is 2.26. The predicted molar refractivity (Wildman–Crippen MR) is 129 cm³/mol. The van der Waals surface area contributed by atoms with Crippen LogP contribution in [0.1, 0.15) is 38.7 Å². The summed E-state index contributed by atoms with van der Waals surface area (Å²) < 4.78 is 5.21. The van der Waals surface area contributed by atoms with Crippen molar-refractivity contribution in [2.45, 2.75) is 45.6 Å². The van der Waals surface area contributed by atoms with E-state index in [-0.39, 0.29) is 23.8 Å². The van der Waals surface area contributed by atoms with Gasteiger partial charge in [-0.1, -0.05) is 32.4 Å². The monoisotopic (exact) mass is 450 g/mol. The number of amides is 2. The molecule has 7 nitrogen and oxygen atoms in total. The minimum Gasteiger partial charge on any atom is -0.497 e. The number of benzene rings is 1. The van der Waals surface area contributed by atoms with Gasteiger partial charge >= 0.3 is 0 Å². The SMILES string of the molecule is COc1ccc(CC(=O)N2C[C@H]3CCCCN(c4ccc(NC(=O)C(C)C)cn4)[C@H]3C2)cc1. The van der Waals surface area contributed by atoms with Crippen molar-refractivity contribution in [3.05, 3.63) is 48.2 Å². The highest BCUT2D eigenvalue weighted by Crippen LogP contribution is 2.33. The molecule has 0 aliphatic carbocycles. The van der Waals surface area contributed by atoms with E-state index in [2.05, 4.69) is 15.2 Å². The highest BCUT2D eigenvalue weighted by molar-refractivity contribution is 5.91. The number of aromatic nitrogens is 1. The van der Waals surface area contributed by atoms with Gasteiger partial charge in [0.2, 0.25) is 11.8 Å². The molecular weight excluding hydrogens is 416 g/mol. The quantitative estimate of drug-likeness (QED) is 0.726. The Bertz CT molecular complexity index is 959. The van der Waals surface area contributed by atoms with Crippen LogP contribution in [0.5, 0.6) is 5.75 Å². The molecular formula is C26H34N4O3. The van der Waals surface area contributed by atoms with Crippen LogP contribution in [-0.2, 0) is 16.0 Å². The number of ether oxygens (including phenoxy) is 1. The van der Waals surface area contributed by atoms with Crippen LogP contribution in [0, 0.1) is 11.8 Å². The molecule has 2 atom stereocenters. The maximum absolute atomic E-state index is 13.1. The summed E-state index contributed by atoms with van der Waals surface area (Å²) in [6.07, 6.45) is 5.57. The number of hydrogen-bond acceptors (Lipinski definition) is 5. The smallest absolute Gasteiger partial charge is 0.227 e. The summed E-state index contributed by atoms with van der Waals surface area (Å²) >= 11 is 0. The first kappa shape index (κ1) is 23.1. The third kappa shape index (κ3) is 5.46. The van der Waals surface area contributed by atoms with Crippen LogP contribution >= 0.6 is 0 Å². The molecule has 176 valence electrons. The van der Waals surface area contributed by atoms with E-state index < -0.39 is 0 Å². The van der Waals surface area contributed by atoms with Gasteiger partial charge in [-0.05, 0) is 48.6 Å². The number of rotatable bonds is 6. The number of likely N-dealkylation sites (tertiary alicyclic amines) is 1. The van der Waals surface area contributed by atoms with Crippen LogP contribution in [-0.4, -0.2) is 54.5 Å².